The van der Waals surface area contributed by atoms with E-state index < -0.39 is 0 Å². The van der Waals surface area contributed by atoms with Gasteiger partial charge in [-0.25, -0.2) is 4.98 Å². The van der Waals surface area contributed by atoms with Crippen LogP contribution in [0.5, 0.6) is 11.6 Å². The monoisotopic (exact) mass is 446 g/mol. The zero-order valence-corrected chi connectivity index (χ0v) is 15.6. The van der Waals surface area contributed by atoms with Crippen molar-refractivity contribution in [1.82, 2.24) is 9.97 Å². The van der Waals surface area contributed by atoms with Gasteiger partial charge in [0.25, 0.3) is 0 Å². The van der Waals surface area contributed by atoms with Gasteiger partial charge in [-0.3, -0.25) is 0 Å². The van der Waals surface area contributed by atoms with E-state index in [1.807, 2.05) is 42.5 Å². The van der Waals surface area contributed by atoms with Gasteiger partial charge in [-0.15, -0.1) is 0 Å². The van der Waals surface area contributed by atoms with Crippen LogP contribution in [0, 0.1) is 0 Å². The summed E-state index contributed by atoms with van der Waals surface area (Å²) >= 11 is 6.96. The lowest BCUT2D eigenvalue weighted by Gasteiger charge is -2.12. The van der Waals surface area contributed by atoms with Crippen LogP contribution in [0.2, 0.25) is 0 Å². The predicted molar refractivity (Wildman–Crippen MR) is 101 cm³/mol. The highest BCUT2D eigenvalue weighted by molar-refractivity contribution is 9.10. The van der Waals surface area contributed by atoms with Gasteiger partial charge >= 0.3 is 0 Å². The highest BCUT2D eigenvalue weighted by Crippen LogP contribution is 2.39. The maximum absolute atomic E-state index is 5.98. The molecule has 2 N–H and O–H groups in total. The van der Waals surface area contributed by atoms with Gasteiger partial charge in [-0.05, 0) is 36.4 Å². The second kappa shape index (κ2) is 6.41. The largest absolute Gasteiger partial charge is 0.437 e. The molecule has 1 aliphatic rings. The zero-order chi connectivity index (χ0) is 16.5. The molecule has 0 aliphatic carbocycles. The summed E-state index contributed by atoms with van der Waals surface area (Å²) in [6.07, 6.45) is 1.49. The average Bonchev–Trinajstić information content (AvgIpc) is 2.74. The summed E-state index contributed by atoms with van der Waals surface area (Å²) in [5, 5.41) is 6.67. The lowest BCUT2D eigenvalue weighted by molar-refractivity contribution is 0.463. The average molecular weight is 448 g/mol. The molecule has 120 valence electrons. The second-order valence-electron chi connectivity index (χ2n) is 5.25. The maximum atomic E-state index is 5.98. The van der Waals surface area contributed by atoms with E-state index >= 15 is 0 Å². The Bertz CT molecular complexity index is 917. The van der Waals surface area contributed by atoms with Crippen molar-refractivity contribution in [2.24, 2.45) is 0 Å². The number of anilines is 3. The molecule has 0 saturated heterocycles. The fraction of sp³-hybridized carbons (Fsp3) is 0.0588. The van der Waals surface area contributed by atoms with Crippen molar-refractivity contribution in [3.63, 3.8) is 0 Å². The SMILES string of the molecule is Brc1cccc(Nc2ncnc3c2NCc2cc(Br)ccc2O3)c1. The Morgan fingerprint density at radius 1 is 1.04 bits per heavy atom. The summed E-state index contributed by atoms with van der Waals surface area (Å²) in [6, 6.07) is 13.8. The Balaban J connectivity index is 1.70. The molecule has 0 saturated carbocycles. The third-order valence-corrected chi connectivity index (χ3v) is 4.57. The van der Waals surface area contributed by atoms with Crippen molar-refractivity contribution < 1.29 is 4.74 Å². The molecule has 0 atom stereocenters. The molecule has 2 heterocycles. The standard InChI is InChI=1S/C17H12Br2N4O/c18-11-2-1-3-13(7-11)23-16-15-17(22-9-21-16)24-14-5-4-12(19)6-10(14)8-20-15/h1-7,9,20H,8H2,(H,21,22,23). The molecule has 5 nitrogen and oxygen atoms in total. The molecular formula is C17H12Br2N4O. The highest BCUT2D eigenvalue weighted by Gasteiger charge is 2.19. The minimum atomic E-state index is 0.503. The first-order chi connectivity index (χ1) is 11.7. The molecule has 1 aromatic heterocycles. The summed E-state index contributed by atoms with van der Waals surface area (Å²) in [5.74, 6) is 1.96. The number of ether oxygens (including phenoxy) is 1. The zero-order valence-electron chi connectivity index (χ0n) is 12.4. The lowest BCUT2D eigenvalue weighted by atomic mass is 10.2. The number of aromatic nitrogens is 2. The van der Waals surface area contributed by atoms with Crippen LogP contribution < -0.4 is 15.4 Å². The Morgan fingerprint density at radius 3 is 2.79 bits per heavy atom. The van der Waals surface area contributed by atoms with E-state index in [2.05, 4.69) is 52.5 Å². The highest BCUT2D eigenvalue weighted by atomic mass is 79.9. The molecule has 0 amide bonds. The van der Waals surface area contributed by atoms with Crippen molar-refractivity contribution in [3.05, 3.63) is 63.3 Å². The van der Waals surface area contributed by atoms with Crippen molar-refractivity contribution in [3.8, 4) is 11.6 Å². The molecule has 0 fully saturated rings. The van der Waals surface area contributed by atoms with Crippen molar-refractivity contribution in [2.45, 2.75) is 6.54 Å². The van der Waals surface area contributed by atoms with Crippen molar-refractivity contribution >= 4 is 49.1 Å². The van der Waals surface area contributed by atoms with Crippen LogP contribution in [0.3, 0.4) is 0 Å². The first kappa shape index (κ1) is 15.4. The minimum Gasteiger partial charge on any atom is -0.437 e. The Hall–Kier alpha value is -2.12. The summed E-state index contributed by atoms with van der Waals surface area (Å²) < 4.78 is 7.98. The normalized spacial score (nSPS) is 12.2. The molecule has 24 heavy (non-hydrogen) atoms. The maximum Gasteiger partial charge on any atom is 0.248 e. The van der Waals surface area contributed by atoms with E-state index in [0.29, 0.717) is 18.2 Å². The quantitative estimate of drug-likeness (QED) is 0.545. The van der Waals surface area contributed by atoms with Crippen LogP contribution in [-0.4, -0.2) is 9.97 Å². The van der Waals surface area contributed by atoms with Gasteiger partial charge < -0.3 is 15.4 Å². The minimum absolute atomic E-state index is 0.503. The second-order valence-corrected chi connectivity index (χ2v) is 7.08. The number of rotatable bonds is 2. The van der Waals surface area contributed by atoms with Crippen LogP contribution in [0.25, 0.3) is 0 Å². The third-order valence-electron chi connectivity index (χ3n) is 3.58. The Kier molecular flexibility index (Phi) is 4.12. The fourth-order valence-corrected chi connectivity index (χ4v) is 3.29. The van der Waals surface area contributed by atoms with E-state index in [1.165, 1.54) is 6.33 Å². The van der Waals surface area contributed by atoms with E-state index in [-0.39, 0.29) is 0 Å². The Morgan fingerprint density at radius 2 is 1.92 bits per heavy atom. The van der Waals surface area contributed by atoms with Crippen LogP contribution >= 0.6 is 31.9 Å². The third kappa shape index (κ3) is 3.09. The molecule has 0 bridgehead atoms. The number of fused-ring (bicyclic) bond motifs is 2. The molecular weight excluding hydrogens is 436 g/mol. The number of benzene rings is 2. The smallest absolute Gasteiger partial charge is 0.248 e. The molecule has 0 spiro atoms. The van der Waals surface area contributed by atoms with Crippen LogP contribution in [-0.2, 0) is 6.54 Å². The molecule has 4 rings (SSSR count). The van der Waals surface area contributed by atoms with E-state index in [0.717, 1.165) is 31.6 Å². The topological polar surface area (TPSA) is 59.1 Å². The van der Waals surface area contributed by atoms with E-state index in [1.54, 1.807) is 0 Å². The Labute approximate surface area is 155 Å². The van der Waals surface area contributed by atoms with Gasteiger partial charge in [-0.2, -0.15) is 4.98 Å². The van der Waals surface area contributed by atoms with Crippen LogP contribution in [0.15, 0.2) is 57.7 Å². The number of halogens is 2. The first-order valence-corrected chi connectivity index (χ1v) is 8.85. The fourth-order valence-electron chi connectivity index (χ4n) is 2.48. The molecule has 0 radical (unpaired) electrons. The number of hydrogen-bond donors (Lipinski definition) is 2. The molecule has 7 heteroatoms. The summed E-state index contributed by atoms with van der Waals surface area (Å²) in [4.78, 5) is 8.61. The lowest BCUT2D eigenvalue weighted by Crippen LogP contribution is -2.04. The first-order valence-electron chi connectivity index (χ1n) is 7.27. The number of nitrogens with one attached hydrogen (secondary N) is 2. The molecule has 0 unspecified atom stereocenters. The van der Waals surface area contributed by atoms with Crippen LogP contribution in [0.4, 0.5) is 17.2 Å². The van der Waals surface area contributed by atoms with Gasteiger partial charge in [0.05, 0.1) is 0 Å². The summed E-state index contributed by atoms with van der Waals surface area (Å²) in [7, 11) is 0. The van der Waals surface area contributed by atoms with Crippen LogP contribution in [0.1, 0.15) is 5.56 Å². The van der Waals surface area contributed by atoms with Crippen molar-refractivity contribution in [2.75, 3.05) is 10.6 Å². The van der Waals surface area contributed by atoms with Crippen molar-refractivity contribution in [1.29, 1.82) is 0 Å². The van der Waals surface area contributed by atoms with Gasteiger partial charge in [0, 0.05) is 26.7 Å². The van der Waals surface area contributed by atoms with Gasteiger partial charge in [0.2, 0.25) is 5.88 Å². The van der Waals surface area contributed by atoms with E-state index in [9.17, 15) is 0 Å². The number of nitrogens with zero attached hydrogens (tertiary/aromatic N) is 2. The number of hydrogen-bond acceptors (Lipinski definition) is 5. The molecule has 3 aromatic rings. The summed E-state index contributed by atoms with van der Waals surface area (Å²) in [5.41, 5.74) is 2.72. The molecule has 1 aliphatic heterocycles. The predicted octanol–water partition coefficient (Wildman–Crippen LogP) is 5.46. The molecule has 2 aromatic carbocycles. The summed E-state index contributed by atoms with van der Waals surface area (Å²) in [6.45, 7) is 0.627. The van der Waals surface area contributed by atoms with E-state index in [4.69, 9.17) is 4.74 Å². The van der Waals surface area contributed by atoms with Gasteiger partial charge in [0.15, 0.2) is 5.82 Å². The van der Waals surface area contributed by atoms with Gasteiger partial charge in [0.1, 0.15) is 17.8 Å². The van der Waals surface area contributed by atoms with Gasteiger partial charge in [-0.1, -0.05) is 37.9 Å².